The first-order valence-electron chi connectivity index (χ1n) is 9.45. The summed E-state index contributed by atoms with van der Waals surface area (Å²) in [5.74, 6) is 2.79. The molecule has 1 saturated heterocycles. The maximum atomic E-state index is 11.9. The number of aromatic nitrogens is 1. The molecule has 8 heteroatoms. The van der Waals surface area contributed by atoms with Crippen LogP contribution in [-0.2, 0) is 22.7 Å². The summed E-state index contributed by atoms with van der Waals surface area (Å²) in [6.07, 6.45) is 0. The highest BCUT2D eigenvalue weighted by Crippen LogP contribution is 2.25. The fourth-order valence-electron chi connectivity index (χ4n) is 3.20. The Labute approximate surface area is 184 Å². The summed E-state index contributed by atoms with van der Waals surface area (Å²) in [4.78, 5) is 14.0. The minimum absolute atomic E-state index is 0.176. The Kier molecular flexibility index (Phi) is 6.62. The van der Waals surface area contributed by atoms with Gasteiger partial charge in [-0.2, -0.15) is 0 Å². The average molecular weight is 445 g/mol. The summed E-state index contributed by atoms with van der Waals surface area (Å²) < 4.78 is 16.1. The van der Waals surface area contributed by atoms with Crippen LogP contribution in [0.1, 0.15) is 11.3 Å². The van der Waals surface area contributed by atoms with Gasteiger partial charge in [0.15, 0.2) is 5.76 Å². The third-order valence-electron chi connectivity index (χ3n) is 4.84. The van der Waals surface area contributed by atoms with Gasteiger partial charge in [-0.05, 0) is 29.8 Å². The fraction of sp³-hybridized carbons (Fsp3) is 0.273. The first kappa shape index (κ1) is 20.8. The number of nitrogens with zero attached hydrogens (tertiary/aromatic N) is 2. The van der Waals surface area contributed by atoms with Crippen LogP contribution in [0.2, 0.25) is 5.02 Å². The average Bonchev–Trinajstić information content (AvgIpc) is 3.43. The molecule has 0 amide bonds. The fourth-order valence-corrected chi connectivity index (χ4v) is 4.51. The molecule has 0 aliphatic carbocycles. The molecule has 1 atom stereocenters. The summed E-state index contributed by atoms with van der Waals surface area (Å²) in [7, 11) is 1.43. The van der Waals surface area contributed by atoms with Crippen molar-refractivity contribution in [2.24, 2.45) is 0 Å². The van der Waals surface area contributed by atoms with Crippen LogP contribution in [0.15, 0.2) is 59.1 Å². The van der Waals surface area contributed by atoms with Crippen LogP contribution in [0.25, 0.3) is 11.3 Å². The number of carbonyl (C=O) groups excluding carboxylic acids is 1. The van der Waals surface area contributed by atoms with Gasteiger partial charge in [0.1, 0.15) is 24.1 Å². The zero-order valence-corrected chi connectivity index (χ0v) is 18.0. The molecular weight excluding hydrogens is 424 g/mol. The molecule has 0 N–H and O–H groups in total. The van der Waals surface area contributed by atoms with Crippen molar-refractivity contribution < 1.29 is 18.8 Å². The lowest BCUT2D eigenvalue weighted by atomic mass is 10.1. The van der Waals surface area contributed by atoms with Gasteiger partial charge in [0, 0.05) is 34.8 Å². The van der Waals surface area contributed by atoms with Crippen molar-refractivity contribution in [1.29, 1.82) is 0 Å². The molecule has 0 radical (unpaired) electrons. The Bertz CT molecular complexity index is 991. The van der Waals surface area contributed by atoms with E-state index in [1.165, 1.54) is 7.11 Å². The predicted octanol–water partition coefficient (Wildman–Crippen LogP) is 4.62. The number of esters is 1. The number of ether oxygens (including phenoxy) is 2. The van der Waals surface area contributed by atoms with E-state index in [-0.39, 0.29) is 18.6 Å². The molecule has 1 aromatic heterocycles. The van der Waals surface area contributed by atoms with E-state index in [2.05, 4.69) is 10.1 Å². The van der Waals surface area contributed by atoms with Crippen LogP contribution in [0, 0.1) is 0 Å². The number of methoxy groups -OCH3 is 1. The van der Waals surface area contributed by atoms with Gasteiger partial charge >= 0.3 is 5.97 Å². The molecule has 6 nitrogen and oxygen atoms in total. The van der Waals surface area contributed by atoms with Crippen LogP contribution in [0.5, 0.6) is 5.75 Å². The lowest BCUT2D eigenvalue weighted by Gasteiger charge is -2.21. The number of benzene rings is 2. The van der Waals surface area contributed by atoms with Crippen molar-refractivity contribution in [3.63, 3.8) is 0 Å². The molecule has 1 aliphatic heterocycles. The van der Waals surface area contributed by atoms with Crippen molar-refractivity contribution in [1.82, 2.24) is 10.1 Å². The van der Waals surface area contributed by atoms with Crippen LogP contribution >= 0.6 is 23.4 Å². The van der Waals surface area contributed by atoms with Crippen molar-refractivity contribution in [2.75, 3.05) is 18.7 Å². The molecule has 4 rings (SSSR count). The maximum absolute atomic E-state index is 11.9. The molecule has 0 bridgehead atoms. The van der Waals surface area contributed by atoms with Gasteiger partial charge in [-0.25, -0.2) is 0 Å². The maximum Gasteiger partial charge on any atom is 0.323 e. The van der Waals surface area contributed by atoms with Gasteiger partial charge in [-0.15, -0.1) is 11.8 Å². The molecule has 0 saturated carbocycles. The number of rotatable bonds is 7. The smallest absolute Gasteiger partial charge is 0.323 e. The Hall–Kier alpha value is -2.48. The second-order valence-electron chi connectivity index (χ2n) is 6.90. The monoisotopic (exact) mass is 444 g/mol. The standard InChI is InChI=1S/C22H21ClN2O4S/c1-27-22(26)21-13-30-14-25(21)11-15-2-8-18(9-3-15)28-12-19-10-20(24-29-19)16-4-6-17(23)7-5-16/h2-10,21H,11-14H2,1H3/t21-/m0/s1. The number of thioether (sulfide) groups is 1. The van der Waals surface area contributed by atoms with E-state index in [0.29, 0.717) is 17.3 Å². The van der Waals surface area contributed by atoms with Gasteiger partial charge < -0.3 is 14.0 Å². The zero-order chi connectivity index (χ0) is 20.9. The van der Waals surface area contributed by atoms with Crippen molar-refractivity contribution in [3.05, 3.63) is 70.9 Å². The van der Waals surface area contributed by atoms with E-state index in [1.54, 1.807) is 11.8 Å². The van der Waals surface area contributed by atoms with Crippen LogP contribution in [0.4, 0.5) is 0 Å². The van der Waals surface area contributed by atoms with Gasteiger partial charge in [0.25, 0.3) is 0 Å². The number of hydrogen-bond donors (Lipinski definition) is 0. The molecule has 0 unspecified atom stereocenters. The molecule has 1 fully saturated rings. The van der Waals surface area contributed by atoms with Crippen molar-refractivity contribution in [3.8, 4) is 17.0 Å². The van der Waals surface area contributed by atoms with Crippen LogP contribution in [-0.4, -0.2) is 40.8 Å². The lowest BCUT2D eigenvalue weighted by Crippen LogP contribution is -2.38. The normalized spacial score (nSPS) is 16.5. The molecule has 1 aliphatic rings. The summed E-state index contributed by atoms with van der Waals surface area (Å²) in [5, 5.41) is 4.76. The number of halogens is 1. The first-order valence-corrected chi connectivity index (χ1v) is 11.0. The topological polar surface area (TPSA) is 64.8 Å². The first-order chi connectivity index (χ1) is 14.6. The Morgan fingerprint density at radius 2 is 2.00 bits per heavy atom. The van der Waals surface area contributed by atoms with Crippen molar-refractivity contribution in [2.45, 2.75) is 19.2 Å². The highest BCUT2D eigenvalue weighted by atomic mass is 35.5. The zero-order valence-electron chi connectivity index (χ0n) is 16.4. The van der Waals surface area contributed by atoms with Gasteiger partial charge in [-0.3, -0.25) is 9.69 Å². The summed E-state index contributed by atoms with van der Waals surface area (Å²) in [6, 6.07) is 16.9. The van der Waals surface area contributed by atoms with E-state index in [9.17, 15) is 4.79 Å². The van der Waals surface area contributed by atoms with Crippen molar-refractivity contribution >= 4 is 29.3 Å². The summed E-state index contributed by atoms with van der Waals surface area (Å²) in [5.41, 5.74) is 2.79. The quantitative estimate of drug-likeness (QED) is 0.492. The van der Waals surface area contributed by atoms with Crippen LogP contribution < -0.4 is 4.74 Å². The second-order valence-corrected chi connectivity index (χ2v) is 8.34. The molecular formula is C22H21ClN2O4S. The SMILES string of the molecule is COC(=O)[C@@H]1CSCN1Cc1ccc(OCc2cc(-c3ccc(Cl)cc3)no2)cc1. The highest BCUT2D eigenvalue weighted by molar-refractivity contribution is 7.99. The third-order valence-corrected chi connectivity index (χ3v) is 6.15. The number of carbonyl (C=O) groups is 1. The van der Waals surface area contributed by atoms with Gasteiger partial charge in [-0.1, -0.05) is 41.0 Å². The molecule has 30 heavy (non-hydrogen) atoms. The van der Waals surface area contributed by atoms with E-state index in [4.69, 9.17) is 25.6 Å². The van der Waals surface area contributed by atoms with Crippen LogP contribution in [0.3, 0.4) is 0 Å². The molecule has 156 valence electrons. The molecule has 2 aromatic carbocycles. The molecule has 2 heterocycles. The largest absolute Gasteiger partial charge is 0.486 e. The number of hydrogen-bond acceptors (Lipinski definition) is 7. The Morgan fingerprint density at radius 3 is 2.73 bits per heavy atom. The minimum Gasteiger partial charge on any atom is -0.486 e. The summed E-state index contributed by atoms with van der Waals surface area (Å²) in [6.45, 7) is 0.979. The van der Waals surface area contributed by atoms with Gasteiger partial charge in [0.05, 0.1) is 7.11 Å². The molecule has 3 aromatic rings. The third kappa shape index (κ3) is 4.98. The van der Waals surface area contributed by atoms with E-state index < -0.39 is 0 Å². The second kappa shape index (κ2) is 9.55. The van der Waals surface area contributed by atoms with E-state index in [1.807, 2.05) is 54.6 Å². The Balaban J connectivity index is 1.32. The van der Waals surface area contributed by atoms with Gasteiger partial charge in [0.2, 0.25) is 0 Å². The minimum atomic E-state index is -0.183. The lowest BCUT2D eigenvalue weighted by molar-refractivity contribution is -0.145. The highest BCUT2D eigenvalue weighted by Gasteiger charge is 2.31. The summed E-state index contributed by atoms with van der Waals surface area (Å²) >= 11 is 7.66. The Morgan fingerprint density at radius 1 is 1.23 bits per heavy atom. The predicted molar refractivity (Wildman–Crippen MR) is 116 cm³/mol. The van der Waals surface area contributed by atoms with E-state index in [0.717, 1.165) is 34.2 Å². The molecule has 0 spiro atoms. The van der Waals surface area contributed by atoms with E-state index >= 15 is 0 Å².